The van der Waals surface area contributed by atoms with E-state index in [0.29, 0.717) is 29.4 Å². The summed E-state index contributed by atoms with van der Waals surface area (Å²) in [7, 11) is 2.98. The van der Waals surface area contributed by atoms with Crippen LogP contribution in [-0.2, 0) is 4.74 Å². The van der Waals surface area contributed by atoms with E-state index in [2.05, 4.69) is 0 Å². The first kappa shape index (κ1) is 19.6. The van der Waals surface area contributed by atoms with Crippen LogP contribution in [0.1, 0.15) is 27.6 Å². The molecule has 0 atom stereocenters. The van der Waals surface area contributed by atoms with Gasteiger partial charge in [-0.1, -0.05) is 11.6 Å². The van der Waals surface area contributed by atoms with Crippen molar-refractivity contribution >= 4 is 23.4 Å². The highest BCUT2D eigenvalue weighted by Gasteiger charge is 2.18. The van der Waals surface area contributed by atoms with Crippen LogP contribution >= 0.6 is 11.6 Å². The number of esters is 1. The first-order valence-electron chi connectivity index (χ1n) is 7.84. The van der Waals surface area contributed by atoms with Gasteiger partial charge in [0.1, 0.15) is 5.75 Å². The summed E-state index contributed by atoms with van der Waals surface area (Å²) < 4.78 is 20.7. The molecule has 0 aromatic heterocycles. The molecule has 2 rings (SSSR count). The Morgan fingerprint density at radius 2 is 1.69 bits per heavy atom. The van der Waals surface area contributed by atoms with Crippen molar-refractivity contribution in [3.8, 4) is 17.2 Å². The van der Waals surface area contributed by atoms with Crippen molar-refractivity contribution in [2.75, 3.05) is 27.4 Å². The lowest BCUT2D eigenvalue weighted by molar-refractivity contribution is 0.0474. The predicted molar refractivity (Wildman–Crippen MR) is 96.8 cm³/mol. The minimum atomic E-state index is -0.685. The molecule has 26 heavy (non-hydrogen) atoms. The minimum absolute atomic E-state index is 0.165. The quantitative estimate of drug-likeness (QED) is 0.514. The Hall–Kier alpha value is -2.73. The number of carbonyl (C=O) groups is 2. The molecular formula is C19H19ClO6. The van der Waals surface area contributed by atoms with Gasteiger partial charge in [0.15, 0.2) is 23.9 Å². The highest BCUT2D eigenvalue weighted by atomic mass is 35.5. The zero-order valence-corrected chi connectivity index (χ0v) is 15.5. The first-order chi connectivity index (χ1) is 12.5. The molecular weight excluding hydrogens is 360 g/mol. The number of ether oxygens (including phenoxy) is 4. The number of carbonyl (C=O) groups excluding carboxylic acids is 2. The van der Waals surface area contributed by atoms with E-state index in [9.17, 15) is 9.59 Å². The van der Waals surface area contributed by atoms with Crippen molar-refractivity contribution in [3.63, 3.8) is 0 Å². The second-order valence-corrected chi connectivity index (χ2v) is 5.56. The molecule has 6 nitrogen and oxygen atoms in total. The predicted octanol–water partition coefficient (Wildman–Crippen LogP) is 3.80. The maximum absolute atomic E-state index is 12.2. The molecule has 138 valence electrons. The second-order valence-electron chi connectivity index (χ2n) is 5.15. The second kappa shape index (κ2) is 9.10. The molecule has 7 heteroatoms. The molecule has 0 spiro atoms. The molecule has 0 radical (unpaired) electrons. The molecule has 0 aliphatic heterocycles. The van der Waals surface area contributed by atoms with E-state index in [1.165, 1.54) is 26.4 Å². The molecule has 0 aliphatic rings. The van der Waals surface area contributed by atoms with E-state index in [0.717, 1.165) is 0 Å². The monoisotopic (exact) mass is 378 g/mol. The number of hydrogen-bond donors (Lipinski definition) is 0. The summed E-state index contributed by atoms with van der Waals surface area (Å²) in [5.74, 6) is 0.282. The number of hydrogen-bond acceptors (Lipinski definition) is 6. The van der Waals surface area contributed by atoms with Crippen molar-refractivity contribution < 1.29 is 28.5 Å². The normalized spacial score (nSPS) is 10.2. The van der Waals surface area contributed by atoms with Crippen LogP contribution in [0.3, 0.4) is 0 Å². The Balaban J connectivity index is 2.07. The number of ketones is 1. The fourth-order valence-electron chi connectivity index (χ4n) is 2.20. The summed E-state index contributed by atoms with van der Waals surface area (Å²) in [5.41, 5.74) is 0.582. The third-order valence-corrected chi connectivity index (χ3v) is 3.78. The van der Waals surface area contributed by atoms with Gasteiger partial charge in [-0.2, -0.15) is 0 Å². The van der Waals surface area contributed by atoms with E-state index in [1.54, 1.807) is 24.3 Å². The molecule has 2 aromatic rings. The number of Topliss-reactive ketones (excluding diaryl/α,β-unsaturated/α-hetero) is 1. The fraction of sp³-hybridized carbons (Fsp3) is 0.263. The molecule has 2 aromatic carbocycles. The average molecular weight is 379 g/mol. The molecule has 0 fully saturated rings. The van der Waals surface area contributed by atoms with Crippen LogP contribution in [0.25, 0.3) is 0 Å². The SMILES string of the molecule is CCOc1c(Cl)cc(C(=O)OCC(=O)c2ccc(OC)cc2)cc1OC. The highest BCUT2D eigenvalue weighted by molar-refractivity contribution is 6.32. The molecule has 0 bridgehead atoms. The van der Waals surface area contributed by atoms with Crippen molar-refractivity contribution in [2.24, 2.45) is 0 Å². The van der Waals surface area contributed by atoms with Crippen LogP contribution in [0, 0.1) is 0 Å². The topological polar surface area (TPSA) is 71.1 Å². The lowest BCUT2D eigenvalue weighted by Crippen LogP contribution is -2.14. The summed E-state index contributed by atoms with van der Waals surface area (Å²) in [5, 5.41) is 0.222. The zero-order valence-electron chi connectivity index (χ0n) is 14.7. The van der Waals surface area contributed by atoms with E-state index >= 15 is 0 Å². The first-order valence-corrected chi connectivity index (χ1v) is 8.22. The smallest absolute Gasteiger partial charge is 0.338 e. The molecule has 0 N–H and O–H groups in total. The molecule has 0 heterocycles. The Kier molecular flexibility index (Phi) is 6.86. The molecule has 0 amide bonds. The lowest BCUT2D eigenvalue weighted by atomic mass is 10.1. The number of methoxy groups -OCH3 is 2. The standard InChI is InChI=1S/C19H19ClO6/c1-4-25-18-15(20)9-13(10-17(18)24-3)19(22)26-11-16(21)12-5-7-14(23-2)8-6-12/h5-10H,4,11H2,1-3H3. The molecule has 0 saturated heterocycles. The summed E-state index contributed by atoms with van der Waals surface area (Å²) >= 11 is 6.13. The van der Waals surface area contributed by atoms with Gasteiger partial charge in [-0.05, 0) is 43.3 Å². The Labute approximate surface area is 156 Å². The van der Waals surface area contributed by atoms with Crippen molar-refractivity contribution in [3.05, 3.63) is 52.5 Å². The summed E-state index contributed by atoms with van der Waals surface area (Å²) in [6, 6.07) is 9.39. The van der Waals surface area contributed by atoms with Crippen molar-refractivity contribution in [1.29, 1.82) is 0 Å². The van der Waals surface area contributed by atoms with Gasteiger partial charge < -0.3 is 18.9 Å². The number of benzene rings is 2. The fourth-order valence-corrected chi connectivity index (χ4v) is 2.46. The van der Waals surface area contributed by atoms with Gasteiger partial charge in [-0.25, -0.2) is 4.79 Å². The van der Waals surface area contributed by atoms with Crippen LogP contribution in [0.15, 0.2) is 36.4 Å². The van der Waals surface area contributed by atoms with Crippen LogP contribution in [0.4, 0.5) is 0 Å². The summed E-state index contributed by atoms with van der Waals surface area (Å²) in [6.45, 7) is 1.82. The largest absolute Gasteiger partial charge is 0.497 e. The molecule has 0 saturated carbocycles. The van der Waals surface area contributed by atoms with Crippen LogP contribution in [0.5, 0.6) is 17.2 Å². The van der Waals surface area contributed by atoms with E-state index in [1.807, 2.05) is 6.92 Å². The maximum atomic E-state index is 12.2. The van der Waals surface area contributed by atoms with Gasteiger partial charge in [0.25, 0.3) is 0 Å². The number of rotatable bonds is 8. The van der Waals surface area contributed by atoms with E-state index < -0.39 is 12.6 Å². The highest BCUT2D eigenvalue weighted by Crippen LogP contribution is 2.36. The Morgan fingerprint density at radius 3 is 2.27 bits per heavy atom. The van der Waals surface area contributed by atoms with Gasteiger partial charge in [0.05, 0.1) is 31.4 Å². The maximum Gasteiger partial charge on any atom is 0.338 e. The molecule has 0 unspecified atom stereocenters. The summed E-state index contributed by atoms with van der Waals surface area (Å²) in [6.07, 6.45) is 0. The van der Waals surface area contributed by atoms with Crippen LogP contribution in [-0.4, -0.2) is 39.2 Å². The van der Waals surface area contributed by atoms with Gasteiger partial charge in [0.2, 0.25) is 0 Å². The van der Waals surface area contributed by atoms with E-state index in [-0.39, 0.29) is 16.4 Å². The summed E-state index contributed by atoms with van der Waals surface area (Å²) in [4.78, 5) is 24.3. The molecule has 0 aliphatic carbocycles. The van der Waals surface area contributed by atoms with Gasteiger partial charge >= 0.3 is 5.97 Å². The Morgan fingerprint density at radius 1 is 1.00 bits per heavy atom. The van der Waals surface area contributed by atoms with Crippen molar-refractivity contribution in [2.45, 2.75) is 6.92 Å². The third-order valence-electron chi connectivity index (χ3n) is 3.50. The minimum Gasteiger partial charge on any atom is -0.497 e. The van der Waals surface area contributed by atoms with Crippen LogP contribution < -0.4 is 14.2 Å². The van der Waals surface area contributed by atoms with E-state index in [4.69, 9.17) is 30.5 Å². The third kappa shape index (κ3) is 4.67. The van der Waals surface area contributed by atoms with Gasteiger partial charge in [0, 0.05) is 5.56 Å². The number of halogens is 1. The van der Waals surface area contributed by atoms with Crippen molar-refractivity contribution in [1.82, 2.24) is 0 Å². The van der Waals surface area contributed by atoms with Gasteiger partial charge in [-0.15, -0.1) is 0 Å². The van der Waals surface area contributed by atoms with Gasteiger partial charge in [-0.3, -0.25) is 4.79 Å². The lowest BCUT2D eigenvalue weighted by Gasteiger charge is -2.12. The average Bonchev–Trinajstić information content (AvgIpc) is 2.67. The Bertz CT molecular complexity index is 785. The van der Waals surface area contributed by atoms with Crippen LogP contribution in [0.2, 0.25) is 5.02 Å². The zero-order chi connectivity index (χ0) is 19.1.